The fraction of sp³-hybridized carbons (Fsp3) is 0.350. The van der Waals surface area contributed by atoms with E-state index >= 15 is 0 Å². The molecule has 9 nitrogen and oxygen atoms in total. The van der Waals surface area contributed by atoms with E-state index in [1.165, 1.54) is 12.1 Å². The molecule has 1 aliphatic rings. The van der Waals surface area contributed by atoms with Crippen molar-refractivity contribution in [2.45, 2.75) is 35.4 Å². The molecule has 30 heavy (non-hydrogen) atoms. The maximum atomic E-state index is 11.8. The van der Waals surface area contributed by atoms with E-state index in [2.05, 4.69) is 9.97 Å². The quantitative estimate of drug-likeness (QED) is 0.389. The Morgan fingerprint density at radius 1 is 1.07 bits per heavy atom. The number of rotatable bonds is 4. The number of nitrogens with zero attached hydrogens (tertiary/aromatic N) is 1. The topological polar surface area (TPSA) is 153 Å². The van der Waals surface area contributed by atoms with E-state index in [1.807, 2.05) is 0 Å². The molecule has 5 atom stereocenters. The molecule has 3 aromatic rings. The van der Waals surface area contributed by atoms with Crippen LogP contribution in [0.5, 0.6) is 0 Å². The van der Waals surface area contributed by atoms with Crippen LogP contribution in [0.15, 0.2) is 47.4 Å². The first-order chi connectivity index (χ1) is 14.2. The SMILES string of the molecule is CS(=O)(=O)c1ccc2[nH]c(-c3cccc([C@H]4O[C@H](CO)[C@@H](O)[C@H](O)[C@@H]4O)c3)nc2c1. The van der Waals surface area contributed by atoms with Gasteiger partial charge in [0.2, 0.25) is 0 Å². The normalized spacial score (nSPS) is 27.4. The second-order valence-electron chi connectivity index (χ2n) is 7.41. The van der Waals surface area contributed by atoms with Crippen molar-refractivity contribution < 1.29 is 33.6 Å². The Bertz CT molecular complexity index is 1170. The van der Waals surface area contributed by atoms with Crippen molar-refractivity contribution >= 4 is 20.9 Å². The van der Waals surface area contributed by atoms with Crippen LogP contribution in [0.3, 0.4) is 0 Å². The van der Waals surface area contributed by atoms with Crippen molar-refractivity contribution in [2.24, 2.45) is 0 Å². The summed E-state index contributed by atoms with van der Waals surface area (Å²) in [6.45, 7) is -0.507. The first-order valence-corrected chi connectivity index (χ1v) is 11.2. The summed E-state index contributed by atoms with van der Waals surface area (Å²) >= 11 is 0. The molecule has 1 aliphatic heterocycles. The number of imidazole rings is 1. The van der Waals surface area contributed by atoms with Gasteiger partial charge in [-0.25, -0.2) is 13.4 Å². The highest BCUT2D eigenvalue weighted by atomic mass is 32.2. The molecule has 0 aliphatic carbocycles. The predicted molar refractivity (Wildman–Crippen MR) is 107 cm³/mol. The summed E-state index contributed by atoms with van der Waals surface area (Å²) in [4.78, 5) is 7.77. The van der Waals surface area contributed by atoms with E-state index in [4.69, 9.17) is 4.74 Å². The number of hydrogen-bond acceptors (Lipinski definition) is 8. The predicted octanol–water partition coefficient (Wildman–Crippen LogP) is 0.148. The molecule has 0 saturated carbocycles. The van der Waals surface area contributed by atoms with Gasteiger partial charge in [-0.3, -0.25) is 0 Å². The van der Waals surface area contributed by atoms with E-state index in [9.17, 15) is 28.8 Å². The van der Waals surface area contributed by atoms with Crippen molar-refractivity contribution in [3.63, 3.8) is 0 Å². The number of nitrogens with one attached hydrogen (secondary N) is 1. The van der Waals surface area contributed by atoms with Crippen molar-refractivity contribution in [1.82, 2.24) is 9.97 Å². The summed E-state index contributed by atoms with van der Waals surface area (Å²) in [5.41, 5.74) is 2.34. The Labute approximate surface area is 172 Å². The monoisotopic (exact) mass is 434 g/mol. The Morgan fingerprint density at radius 2 is 1.83 bits per heavy atom. The van der Waals surface area contributed by atoms with Gasteiger partial charge in [-0.1, -0.05) is 18.2 Å². The minimum atomic E-state index is -3.36. The Kier molecular flexibility index (Phi) is 5.39. The van der Waals surface area contributed by atoms with Crippen LogP contribution in [-0.2, 0) is 14.6 Å². The first kappa shape index (κ1) is 20.9. The summed E-state index contributed by atoms with van der Waals surface area (Å²) in [7, 11) is -3.36. The molecule has 1 fully saturated rings. The molecule has 5 N–H and O–H groups in total. The number of benzene rings is 2. The van der Waals surface area contributed by atoms with Gasteiger partial charge in [-0.05, 0) is 29.8 Å². The summed E-state index contributed by atoms with van der Waals surface area (Å²) in [6, 6.07) is 11.5. The lowest BCUT2D eigenvalue weighted by Gasteiger charge is -2.40. The number of aromatic nitrogens is 2. The zero-order valence-electron chi connectivity index (χ0n) is 16.0. The van der Waals surface area contributed by atoms with Crippen LogP contribution in [-0.4, -0.2) is 76.1 Å². The molecule has 4 rings (SSSR count). The first-order valence-electron chi connectivity index (χ1n) is 9.29. The largest absolute Gasteiger partial charge is 0.394 e. The second-order valence-corrected chi connectivity index (χ2v) is 9.43. The highest BCUT2D eigenvalue weighted by Gasteiger charge is 2.43. The lowest BCUT2D eigenvalue weighted by atomic mass is 9.90. The highest BCUT2D eigenvalue weighted by molar-refractivity contribution is 7.90. The number of fused-ring (bicyclic) bond motifs is 1. The van der Waals surface area contributed by atoms with Gasteiger partial charge in [0.1, 0.15) is 36.3 Å². The molecular formula is C20H22N2O7S. The molecule has 0 unspecified atom stereocenters. The van der Waals surface area contributed by atoms with E-state index in [0.717, 1.165) is 6.26 Å². The van der Waals surface area contributed by atoms with Crippen LogP contribution in [0.1, 0.15) is 11.7 Å². The molecule has 0 amide bonds. The van der Waals surface area contributed by atoms with Gasteiger partial charge in [0.25, 0.3) is 0 Å². The molecule has 0 spiro atoms. The molecule has 160 valence electrons. The van der Waals surface area contributed by atoms with Crippen LogP contribution in [0.2, 0.25) is 0 Å². The summed E-state index contributed by atoms with van der Waals surface area (Å²) in [5.74, 6) is 0.488. The van der Waals surface area contributed by atoms with E-state index in [0.29, 0.717) is 28.0 Å². The molecule has 1 aromatic heterocycles. The van der Waals surface area contributed by atoms with Gasteiger partial charge in [0.05, 0.1) is 22.5 Å². The summed E-state index contributed by atoms with van der Waals surface area (Å²) < 4.78 is 29.2. The second kappa shape index (κ2) is 7.73. The molecule has 2 aromatic carbocycles. The van der Waals surface area contributed by atoms with Crippen LogP contribution in [0, 0.1) is 0 Å². The van der Waals surface area contributed by atoms with Gasteiger partial charge in [0.15, 0.2) is 9.84 Å². The Balaban J connectivity index is 1.70. The van der Waals surface area contributed by atoms with Gasteiger partial charge < -0.3 is 30.1 Å². The zero-order valence-corrected chi connectivity index (χ0v) is 16.8. The maximum Gasteiger partial charge on any atom is 0.175 e. The average Bonchev–Trinajstić information content (AvgIpc) is 3.15. The molecule has 0 bridgehead atoms. The number of hydrogen-bond donors (Lipinski definition) is 5. The summed E-state index contributed by atoms with van der Waals surface area (Å²) in [6.07, 6.45) is -5.11. The number of sulfone groups is 1. The molecule has 2 heterocycles. The van der Waals surface area contributed by atoms with Gasteiger partial charge in [-0.15, -0.1) is 0 Å². The third-order valence-electron chi connectivity index (χ3n) is 5.26. The minimum Gasteiger partial charge on any atom is -0.394 e. The Hall–Kier alpha value is -2.34. The standard InChI is InChI=1S/C20H22N2O7S/c1-30(27,28)12-5-6-13-14(8-12)22-20(21-13)11-4-2-3-10(7-11)19-18(26)17(25)16(24)15(9-23)29-19/h2-8,15-19,23-26H,9H2,1H3,(H,21,22)/t15-,16-,17+,18+,19-/m1/s1. The number of aliphatic hydroxyl groups excluding tert-OH is 4. The lowest BCUT2D eigenvalue weighted by Crippen LogP contribution is -2.55. The minimum absolute atomic E-state index is 0.170. The lowest BCUT2D eigenvalue weighted by molar-refractivity contribution is -0.231. The van der Waals surface area contributed by atoms with Crippen molar-refractivity contribution in [3.05, 3.63) is 48.0 Å². The number of ether oxygens (including phenoxy) is 1. The smallest absolute Gasteiger partial charge is 0.175 e. The van der Waals surface area contributed by atoms with Crippen molar-refractivity contribution in [3.8, 4) is 11.4 Å². The maximum absolute atomic E-state index is 11.8. The molecular weight excluding hydrogens is 412 g/mol. The number of aliphatic hydroxyl groups is 4. The molecule has 0 radical (unpaired) electrons. The van der Waals surface area contributed by atoms with Gasteiger partial charge in [0, 0.05) is 11.8 Å². The van der Waals surface area contributed by atoms with Crippen LogP contribution in [0.4, 0.5) is 0 Å². The van der Waals surface area contributed by atoms with E-state index < -0.39 is 47.0 Å². The fourth-order valence-electron chi connectivity index (χ4n) is 3.59. The van der Waals surface area contributed by atoms with Crippen LogP contribution < -0.4 is 0 Å². The number of aromatic amines is 1. The fourth-order valence-corrected chi connectivity index (χ4v) is 4.23. The number of H-pyrrole nitrogens is 1. The Morgan fingerprint density at radius 3 is 2.53 bits per heavy atom. The third-order valence-corrected chi connectivity index (χ3v) is 6.37. The third kappa shape index (κ3) is 3.73. The van der Waals surface area contributed by atoms with Gasteiger partial charge in [-0.2, -0.15) is 0 Å². The van der Waals surface area contributed by atoms with Gasteiger partial charge >= 0.3 is 0 Å². The van der Waals surface area contributed by atoms with Crippen LogP contribution in [0.25, 0.3) is 22.4 Å². The molecule has 10 heteroatoms. The average molecular weight is 434 g/mol. The zero-order chi connectivity index (χ0) is 21.6. The van der Waals surface area contributed by atoms with Crippen LogP contribution >= 0.6 is 0 Å². The molecule has 1 saturated heterocycles. The summed E-state index contributed by atoms with van der Waals surface area (Å²) in [5, 5.41) is 39.8. The van der Waals surface area contributed by atoms with E-state index in [1.54, 1.807) is 30.3 Å². The van der Waals surface area contributed by atoms with Crippen molar-refractivity contribution in [2.75, 3.05) is 12.9 Å². The highest BCUT2D eigenvalue weighted by Crippen LogP contribution is 2.34. The van der Waals surface area contributed by atoms with E-state index in [-0.39, 0.29) is 4.90 Å². The van der Waals surface area contributed by atoms with Crippen molar-refractivity contribution in [1.29, 1.82) is 0 Å².